The summed E-state index contributed by atoms with van der Waals surface area (Å²) >= 11 is 18.8. The fourth-order valence-electron chi connectivity index (χ4n) is 2.65. The summed E-state index contributed by atoms with van der Waals surface area (Å²) in [5.41, 5.74) is 1.55. The predicted octanol–water partition coefficient (Wildman–Crippen LogP) is 3.76. The van der Waals surface area contributed by atoms with Crippen molar-refractivity contribution >= 4 is 52.3 Å². The summed E-state index contributed by atoms with van der Waals surface area (Å²) in [7, 11) is 4.65. The van der Waals surface area contributed by atoms with E-state index in [9.17, 15) is 5.11 Å². The lowest BCUT2D eigenvalue weighted by atomic mass is 9.97. The Balaban J connectivity index is 2.27. The summed E-state index contributed by atoms with van der Waals surface area (Å²) in [4.78, 5) is 9.68. The number of aromatic nitrogens is 2. The number of halogens is 3. The number of aliphatic hydroxyl groups is 1. The third kappa shape index (κ3) is 3.00. The van der Waals surface area contributed by atoms with E-state index in [1.807, 2.05) is 0 Å². The number of fused-ring (bicyclic) bond motifs is 1. The highest BCUT2D eigenvalue weighted by Crippen LogP contribution is 2.46. The van der Waals surface area contributed by atoms with Crippen LogP contribution < -0.4 is 14.4 Å². The second-order valence-corrected chi connectivity index (χ2v) is 6.38. The number of nitrogens with zero attached hydrogens (tertiary/aromatic N) is 3. The molecule has 3 rings (SSSR count). The maximum atomic E-state index is 10.8. The Labute approximate surface area is 159 Å². The van der Waals surface area contributed by atoms with Gasteiger partial charge < -0.3 is 19.5 Å². The van der Waals surface area contributed by atoms with Gasteiger partial charge in [-0.2, -0.15) is 4.98 Å². The number of rotatable bonds is 3. The van der Waals surface area contributed by atoms with Crippen LogP contribution in [0.15, 0.2) is 12.3 Å². The van der Waals surface area contributed by atoms with Gasteiger partial charge in [-0.25, -0.2) is 4.98 Å². The summed E-state index contributed by atoms with van der Waals surface area (Å²) in [6.45, 7) is 0. The number of ether oxygens (including phenoxy) is 2. The summed E-state index contributed by atoms with van der Waals surface area (Å²) in [6, 6.07) is 1.59. The van der Waals surface area contributed by atoms with Crippen LogP contribution in [-0.2, 0) is 0 Å². The number of aliphatic hydroxyl groups excluding tert-OH is 1. The van der Waals surface area contributed by atoms with Crippen LogP contribution in [-0.4, -0.2) is 42.6 Å². The molecule has 0 bridgehead atoms. The van der Waals surface area contributed by atoms with E-state index in [0.717, 1.165) is 0 Å². The zero-order chi connectivity index (χ0) is 18.3. The topological polar surface area (TPSA) is 67.7 Å². The van der Waals surface area contributed by atoms with Crippen LogP contribution in [0.5, 0.6) is 11.5 Å². The molecule has 1 N–H and O–H groups in total. The molecular formula is C16H14Cl3N3O3. The summed E-state index contributed by atoms with van der Waals surface area (Å²) in [5.74, 6) is 1.26. The van der Waals surface area contributed by atoms with Crippen LogP contribution in [0.1, 0.15) is 11.1 Å². The third-order valence-electron chi connectivity index (χ3n) is 3.92. The Morgan fingerprint density at radius 1 is 1.12 bits per heavy atom. The van der Waals surface area contributed by atoms with Gasteiger partial charge in [-0.3, -0.25) is 0 Å². The smallest absolute Gasteiger partial charge is 0.224 e. The maximum absolute atomic E-state index is 10.8. The Hall–Kier alpha value is -1.73. The second kappa shape index (κ2) is 6.88. The number of benzene rings is 1. The van der Waals surface area contributed by atoms with Crippen LogP contribution in [0, 0.1) is 0 Å². The first kappa shape index (κ1) is 18.1. The highest BCUT2D eigenvalue weighted by molar-refractivity contribution is 6.40. The highest BCUT2D eigenvalue weighted by Gasteiger charge is 2.31. The van der Waals surface area contributed by atoms with E-state index < -0.39 is 6.23 Å². The lowest BCUT2D eigenvalue weighted by Gasteiger charge is -2.32. The zero-order valence-electron chi connectivity index (χ0n) is 13.5. The predicted molar refractivity (Wildman–Crippen MR) is 98.9 cm³/mol. The minimum absolute atomic E-state index is 0.0914. The Morgan fingerprint density at radius 2 is 1.72 bits per heavy atom. The van der Waals surface area contributed by atoms with Crippen LogP contribution in [0.2, 0.25) is 15.3 Å². The first-order chi connectivity index (χ1) is 11.9. The molecule has 2 aromatic rings. The average Bonchev–Trinajstić information content (AvgIpc) is 2.60. The van der Waals surface area contributed by atoms with E-state index in [-0.39, 0.29) is 15.3 Å². The van der Waals surface area contributed by atoms with Crippen molar-refractivity contribution in [2.24, 2.45) is 0 Å². The van der Waals surface area contributed by atoms with Gasteiger partial charge in [-0.1, -0.05) is 23.2 Å². The molecule has 1 aliphatic rings. The average molecular weight is 403 g/mol. The normalized spacial score (nSPS) is 16.4. The molecule has 132 valence electrons. The lowest BCUT2D eigenvalue weighted by Crippen LogP contribution is -2.36. The quantitative estimate of drug-likeness (QED) is 0.789. The van der Waals surface area contributed by atoms with Gasteiger partial charge >= 0.3 is 0 Å². The summed E-state index contributed by atoms with van der Waals surface area (Å²) in [5, 5.41) is 11.4. The van der Waals surface area contributed by atoms with Crippen molar-refractivity contribution in [3.05, 3.63) is 38.7 Å². The van der Waals surface area contributed by atoms with Gasteiger partial charge in [0.15, 0.2) is 6.23 Å². The van der Waals surface area contributed by atoms with E-state index >= 15 is 0 Å². The molecule has 0 radical (unpaired) electrons. The van der Waals surface area contributed by atoms with E-state index in [2.05, 4.69) is 9.97 Å². The zero-order valence-corrected chi connectivity index (χ0v) is 15.8. The first-order valence-electron chi connectivity index (χ1n) is 7.14. The van der Waals surface area contributed by atoms with Gasteiger partial charge in [0, 0.05) is 36.0 Å². The Morgan fingerprint density at radius 3 is 2.28 bits per heavy atom. The maximum Gasteiger partial charge on any atom is 0.224 e. The monoisotopic (exact) mass is 401 g/mol. The molecule has 0 saturated heterocycles. The number of methoxy groups -OCH3 is 2. The molecule has 0 fully saturated rings. The largest absolute Gasteiger partial charge is 0.495 e. The van der Waals surface area contributed by atoms with Gasteiger partial charge in [0.1, 0.15) is 17.3 Å². The van der Waals surface area contributed by atoms with Crippen molar-refractivity contribution in [1.29, 1.82) is 0 Å². The molecule has 2 heterocycles. The van der Waals surface area contributed by atoms with Gasteiger partial charge in [0.25, 0.3) is 0 Å². The van der Waals surface area contributed by atoms with Crippen molar-refractivity contribution in [3.63, 3.8) is 0 Å². The van der Waals surface area contributed by atoms with Crippen molar-refractivity contribution in [2.75, 3.05) is 26.2 Å². The number of likely N-dealkylation sites (N-methyl/N-ethyl adjacent to an activating group) is 1. The molecule has 25 heavy (non-hydrogen) atoms. The van der Waals surface area contributed by atoms with Crippen molar-refractivity contribution < 1.29 is 14.6 Å². The van der Waals surface area contributed by atoms with Gasteiger partial charge in [0.2, 0.25) is 5.28 Å². The molecule has 1 atom stereocenters. The van der Waals surface area contributed by atoms with Crippen molar-refractivity contribution in [3.8, 4) is 11.5 Å². The molecule has 1 aromatic heterocycles. The summed E-state index contributed by atoms with van der Waals surface area (Å²) < 4.78 is 10.6. The van der Waals surface area contributed by atoms with E-state index in [4.69, 9.17) is 44.3 Å². The molecule has 0 saturated carbocycles. The van der Waals surface area contributed by atoms with Crippen molar-refractivity contribution in [1.82, 2.24) is 9.97 Å². The number of hydrogen-bond acceptors (Lipinski definition) is 6. The van der Waals surface area contributed by atoms with Crippen LogP contribution in [0.3, 0.4) is 0 Å². The number of anilines is 1. The fourth-order valence-corrected chi connectivity index (χ4v) is 3.50. The molecule has 9 heteroatoms. The molecular weight excluding hydrogens is 389 g/mol. The molecule has 1 unspecified atom stereocenters. The van der Waals surface area contributed by atoms with E-state index in [1.165, 1.54) is 14.2 Å². The Bertz CT molecular complexity index is 845. The molecule has 1 aromatic carbocycles. The lowest BCUT2D eigenvalue weighted by molar-refractivity contribution is 0.231. The molecule has 1 aliphatic heterocycles. The third-order valence-corrected chi connectivity index (χ3v) is 4.85. The summed E-state index contributed by atoms with van der Waals surface area (Å²) in [6.07, 6.45) is 2.22. The van der Waals surface area contributed by atoms with Gasteiger partial charge in [-0.05, 0) is 17.7 Å². The fraction of sp³-hybridized carbons (Fsp3) is 0.250. The highest BCUT2D eigenvalue weighted by atomic mass is 35.5. The second-order valence-electron chi connectivity index (χ2n) is 5.29. The number of hydrogen-bond donors (Lipinski definition) is 1. The van der Waals surface area contributed by atoms with Gasteiger partial charge in [0.05, 0.1) is 24.3 Å². The first-order valence-corrected chi connectivity index (χ1v) is 8.27. The molecule has 6 nitrogen and oxygen atoms in total. The molecule has 0 spiro atoms. The van der Waals surface area contributed by atoms with E-state index in [0.29, 0.717) is 34.0 Å². The van der Waals surface area contributed by atoms with Crippen molar-refractivity contribution in [2.45, 2.75) is 6.23 Å². The minimum atomic E-state index is -1.05. The Kier molecular flexibility index (Phi) is 4.97. The van der Waals surface area contributed by atoms with E-state index in [1.54, 1.807) is 30.3 Å². The minimum Gasteiger partial charge on any atom is -0.495 e. The molecule has 0 amide bonds. The van der Waals surface area contributed by atoms with Crippen LogP contribution >= 0.6 is 34.8 Å². The van der Waals surface area contributed by atoms with Crippen LogP contribution in [0.4, 0.5) is 5.82 Å². The SMILES string of the molecule is COc1cc(OC)c(Cl)c(C2=Cc3cnc(Cl)nc3N(C)C2O)c1Cl. The standard InChI is InChI=1S/C16H14Cl3N3O3/c1-22-14-7(6-20-16(19)21-14)4-8(15(22)23)11-12(17)9(24-2)5-10(25-3)13(11)18/h4-6,15,23H,1-3H3. The van der Waals surface area contributed by atoms with Gasteiger partial charge in [-0.15, -0.1) is 0 Å². The van der Waals surface area contributed by atoms with Crippen LogP contribution in [0.25, 0.3) is 11.6 Å². The molecule has 0 aliphatic carbocycles.